The number of nitrogens with one attached hydrogen (secondary N) is 1. The highest BCUT2D eigenvalue weighted by Gasteiger charge is 2.18. The van der Waals surface area contributed by atoms with E-state index in [0.717, 1.165) is 52.7 Å². The molecule has 0 aliphatic carbocycles. The van der Waals surface area contributed by atoms with Gasteiger partial charge >= 0.3 is 6.09 Å². The Morgan fingerprint density at radius 1 is 1.14 bits per heavy atom. The molecule has 0 aliphatic rings. The van der Waals surface area contributed by atoms with Crippen LogP contribution in [-0.2, 0) is 13.0 Å². The van der Waals surface area contributed by atoms with E-state index in [1.807, 2.05) is 61.5 Å². The Kier molecular flexibility index (Phi) is 7.06. The normalized spacial score (nSPS) is 11.9. The van der Waals surface area contributed by atoms with E-state index in [-0.39, 0.29) is 6.04 Å². The maximum atomic E-state index is 11.2. The van der Waals surface area contributed by atoms with Crippen LogP contribution >= 0.6 is 0 Å². The second kappa shape index (κ2) is 9.92. The third-order valence-corrected chi connectivity index (χ3v) is 5.08. The number of hydrogen-bond donors (Lipinski definition) is 2. The molecule has 2 N–H and O–H groups in total. The molecule has 3 aromatic rings. The third kappa shape index (κ3) is 5.47. The van der Waals surface area contributed by atoms with E-state index in [2.05, 4.69) is 12.2 Å². The molecule has 1 heterocycles. The van der Waals surface area contributed by atoms with Crippen molar-refractivity contribution < 1.29 is 14.6 Å². The number of rotatable bonds is 9. The molecule has 0 bridgehead atoms. The van der Waals surface area contributed by atoms with Crippen LogP contribution in [0.1, 0.15) is 43.0 Å². The monoisotopic (exact) mass is 392 g/mol. The molecule has 0 fully saturated rings. The average Bonchev–Trinajstić information content (AvgIpc) is 2.72. The maximum Gasteiger partial charge on any atom is 0.404 e. The molecule has 0 radical (unpaired) electrons. The largest absolute Gasteiger partial charge is 0.488 e. The summed E-state index contributed by atoms with van der Waals surface area (Å²) in [6.07, 6.45) is 2.33. The number of benzene rings is 2. The second-order valence-electron chi connectivity index (χ2n) is 7.30. The molecule has 3 rings (SSSR count). The van der Waals surface area contributed by atoms with Crippen molar-refractivity contribution in [2.24, 2.45) is 0 Å². The number of hydrogen-bond acceptors (Lipinski definition) is 3. The lowest BCUT2D eigenvalue weighted by atomic mass is 10.00. The number of carboxylic acid groups (broad SMARTS) is 1. The minimum Gasteiger partial charge on any atom is -0.488 e. The lowest BCUT2D eigenvalue weighted by Gasteiger charge is -2.20. The highest BCUT2D eigenvalue weighted by atomic mass is 16.5. The zero-order valence-corrected chi connectivity index (χ0v) is 17.0. The zero-order valence-electron chi connectivity index (χ0n) is 17.0. The first-order valence-corrected chi connectivity index (χ1v) is 10.1. The summed E-state index contributed by atoms with van der Waals surface area (Å²) >= 11 is 0. The van der Waals surface area contributed by atoms with Gasteiger partial charge in [-0.15, -0.1) is 0 Å². The number of fused-ring (bicyclic) bond motifs is 1. The molecule has 0 spiro atoms. The molecule has 1 amide bonds. The first-order valence-electron chi connectivity index (χ1n) is 10.1. The van der Waals surface area contributed by atoms with Gasteiger partial charge in [0.25, 0.3) is 0 Å². The van der Waals surface area contributed by atoms with Gasteiger partial charge in [0.2, 0.25) is 0 Å². The highest BCUT2D eigenvalue weighted by molar-refractivity contribution is 5.86. The highest BCUT2D eigenvalue weighted by Crippen LogP contribution is 2.32. The van der Waals surface area contributed by atoms with Gasteiger partial charge in [0.1, 0.15) is 12.4 Å². The maximum absolute atomic E-state index is 11.2. The Labute approximate surface area is 171 Å². The molecule has 1 aromatic heterocycles. The van der Waals surface area contributed by atoms with E-state index in [4.69, 9.17) is 9.72 Å². The van der Waals surface area contributed by atoms with E-state index in [1.165, 1.54) is 0 Å². The van der Waals surface area contributed by atoms with Crippen molar-refractivity contribution in [1.82, 2.24) is 10.3 Å². The summed E-state index contributed by atoms with van der Waals surface area (Å²) in [7, 11) is 0. The van der Waals surface area contributed by atoms with Crippen LogP contribution in [-0.4, -0.2) is 22.2 Å². The van der Waals surface area contributed by atoms with E-state index in [0.29, 0.717) is 13.0 Å². The summed E-state index contributed by atoms with van der Waals surface area (Å²) < 4.78 is 6.24. The van der Waals surface area contributed by atoms with Crippen LogP contribution in [0.5, 0.6) is 5.75 Å². The molecule has 0 aliphatic heterocycles. The van der Waals surface area contributed by atoms with Crippen molar-refractivity contribution in [2.45, 2.75) is 52.2 Å². The fraction of sp³-hybridized carbons (Fsp3) is 0.333. The van der Waals surface area contributed by atoms with E-state index in [1.54, 1.807) is 0 Å². The van der Waals surface area contributed by atoms with Crippen LogP contribution in [0.15, 0.2) is 54.6 Å². The number of aromatic nitrogens is 1. The van der Waals surface area contributed by atoms with Gasteiger partial charge in [0.05, 0.1) is 5.52 Å². The Hall–Kier alpha value is -3.08. The molecular weight excluding hydrogens is 364 g/mol. The number of nitrogens with zero attached hydrogens (tertiary/aromatic N) is 1. The minimum absolute atomic E-state index is 0.165. The van der Waals surface area contributed by atoms with Crippen LogP contribution in [0.25, 0.3) is 10.9 Å². The van der Waals surface area contributed by atoms with E-state index < -0.39 is 6.09 Å². The number of pyridine rings is 1. The van der Waals surface area contributed by atoms with Crippen LogP contribution in [0.3, 0.4) is 0 Å². The molecular formula is C24H28N2O3. The fourth-order valence-electron chi connectivity index (χ4n) is 3.52. The molecule has 5 heteroatoms. The Balaban J connectivity index is 1.92. The average molecular weight is 392 g/mol. The summed E-state index contributed by atoms with van der Waals surface area (Å²) in [6.45, 7) is 4.58. The smallest absolute Gasteiger partial charge is 0.404 e. The Morgan fingerprint density at radius 2 is 1.86 bits per heavy atom. The molecule has 0 saturated heterocycles. The predicted molar refractivity (Wildman–Crippen MR) is 115 cm³/mol. The number of unbranched alkanes of at least 4 members (excludes halogenated alkanes) is 1. The van der Waals surface area contributed by atoms with Gasteiger partial charge in [-0.1, -0.05) is 62.2 Å². The van der Waals surface area contributed by atoms with Crippen molar-refractivity contribution in [3.63, 3.8) is 0 Å². The van der Waals surface area contributed by atoms with Gasteiger partial charge in [-0.2, -0.15) is 0 Å². The van der Waals surface area contributed by atoms with Crippen molar-refractivity contribution in [2.75, 3.05) is 0 Å². The number of carbonyl (C=O) groups is 1. The van der Waals surface area contributed by atoms with Gasteiger partial charge in [0.15, 0.2) is 0 Å². The number of para-hydroxylation sites is 1. The van der Waals surface area contributed by atoms with Gasteiger partial charge in [-0.25, -0.2) is 4.79 Å². The lowest BCUT2D eigenvalue weighted by Crippen LogP contribution is -2.35. The Bertz CT molecular complexity index is 957. The topological polar surface area (TPSA) is 71.5 Å². The summed E-state index contributed by atoms with van der Waals surface area (Å²) in [4.78, 5) is 16.1. The molecule has 5 nitrogen and oxygen atoms in total. The van der Waals surface area contributed by atoms with Crippen molar-refractivity contribution in [3.8, 4) is 5.75 Å². The first kappa shape index (κ1) is 20.6. The SMILES string of the molecule is CCCCC(Cc1nc2ccccc2c(OCc2ccccc2)c1C)NC(=O)O. The van der Waals surface area contributed by atoms with Crippen molar-refractivity contribution in [1.29, 1.82) is 0 Å². The quantitative estimate of drug-likeness (QED) is 0.505. The predicted octanol–water partition coefficient (Wildman–Crippen LogP) is 5.49. The summed E-state index contributed by atoms with van der Waals surface area (Å²) in [5, 5.41) is 12.8. The van der Waals surface area contributed by atoms with Crippen LogP contribution < -0.4 is 10.1 Å². The molecule has 1 unspecified atom stereocenters. The molecule has 0 saturated carbocycles. The summed E-state index contributed by atoms with van der Waals surface area (Å²) in [5.74, 6) is 0.819. The van der Waals surface area contributed by atoms with Crippen LogP contribution in [0, 0.1) is 6.92 Å². The summed E-state index contributed by atoms with van der Waals surface area (Å²) in [6, 6.07) is 17.8. The number of amides is 1. The Morgan fingerprint density at radius 3 is 2.59 bits per heavy atom. The van der Waals surface area contributed by atoms with Gasteiger partial charge in [-0.05, 0) is 31.0 Å². The van der Waals surface area contributed by atoms with Gasteiger partial charge < -0.3 is 15.2 Å². The van der Waals surface area contributed by atoms with Crippen molar-refractivity contribution in [3.05, 3.63) is 71.4 Å². The molecule has 152 valence electrons. The lowest BCUT2D eigenvalue weighted by molar-refractivity contribution is 0.188. The molecule has 1 atom stereocenters. The minimum atomic E-state index is -0.995. The third-order valence-electron chi connectivity index (χ3n) is 5.08. The van der Waals surface area contributed by atoms with Crippen LogP contribution in [0.4, 0.5) is 4.79 Å². The standard InChI is InChI=1S/C24H28N2O3/c1-3-4-12-19(25-24(27)28)15-22-17(2)23(20-13-8-9-14-21(20)26-22)29-16-18-10-6-5-7-11-18/h5-11,13-14,19,25H,3-4,12,15-16H2,1-2H3,(H,27,28). The zero-order chi connectivity index (χ0) is 20.6. The molecule has 2 aromatic carbocycles. The summed E-state index contributed by atoms with van der Waals surface area (Å²) in [5.41, 5.74) is 3.80. The van der Waals surface area contributed by atoms with E-state index >= 15 is 0 Å². The van der Waals surface area contributed by atoms with Crippen LogP contribution in [0.2, 0.25) is 0 Å². The first-order chi connectivity index (χ1) is 14.1. The second-order valence-corrected chi connectivity index (χ2v) is 7.30. The van der Waals surface area contributed by atoms with Crippen molar-refractivity contribution >= 4 is 17.0 Å². The fourth-order valence-corrected chi connectivity index (χ4v) is 3.52. The van der Waals surface area contributed by atoms with E-state index in [9.17, 15) is 9.90 Å². The molecule has 29 heavy (non-hydrogen) atoms. The number of ether oxygens (including phenoxy) is 1. The van der Waals surface area contributed by atoms with Gasteiger partial charge in [0, 0.05) is 29.1 Å². The van der Waals surface area contributed by atoms with Gasteiger partial charge in [-0.3, -0.25) is 4.98 Å².